The first-order chi connectivity index (χ1) is 16.9. The van der Waals surface area contributed by atoms with Crippen molar-refractivity contribution >= 4 is 41.2 Å². The van der Waals surface area contributed by atoms with Crippen molar-refractivity contribution in [1.82, 2.24) is 15.5 Å². The van der Waals surface area contributed by atoms with E-state index in [1.165, 1.54) is 6.92 Å². The number of anilines is 1. The van der Waals surface area contributed by atoms with E-state index >= 15 is 0 Å². The Bertz CT molecular complexity index is 1030. The maximum absolute atomic E-state index is 12.2. The van der Waals surface area contributed by atoms with E-state index in [-0.39, 0.29) is 32.1 Å². The average molecular weight is 501 g/mol. The predicted molar refractivity (Wildman–Crippen MR) is 130 cm³/mol. The molecule has 2 rings (SSSR count). The molecule has 0 aliphatic carbocycles. The van der Waals surface area contributed by atoms with Crippen LogP contribution in [-0.2, 0) is 40.1 Å². The highest BCUT2D eigenvalue weighted by Gasteiger charge is 2.27. The lowest BCUT2D eigenvalue weighted by Crippen LogP contribution is -2.47. The Morgan fingerprint density at radius 1 is 1.00 bits per heavy atom. The van der Waals surface area contributed by atoms with Crippen molar-refractivity contribution in [1.29, 1.82) is 0 Å². The molecule has 0 bridgehead atoms. The van der Waals surface area contributed by atoms with Gasteiger partial charge in [-0.05, 0) is 44.9 Å². The van der Waals surface area contributed by atoms with E-state index in [0.29, 0.717) is 12.1 Å². The van der Waals surface area contributed by atoms with Gasteiger partial charge in [-0.2, -0.15) is 0 Å². The molecule has 0 saturated heterocycles. The van der Waals surface area contributed by atoms with Gasteiger partial charge in [-0.25, -0.2) is 0 Å². The number of benzene rings is 1. The highest BCUT2D eigenvalue weighted by Crippen LogP contribution is 2.22. The molecule has 1 heterocycles. The average Bonchev–Trinajstić information content (AvgIpc) is 3.17. The topological polar surface area (TPSA) is 151 Å². The summed E-state index contributed by atoms with van der Waals surface area (Å²) in [6.45, 7) is 6.73. The highest BCUT2D eigenvalue weighted by atomic mass is 16.5. The monoisotopic (exact) mass is 500 g/mol. The van der Waals surface area contributed by atoms with Gasteiger partial charge in [0.05, 0.1) is 12.0 Å². The van der Waals surface area contributed by atoms with Crippen molar-refractivity contribution in [2.75, 3.05) is 18.4 Å². The quantitative estimate of drug-likeness (QED) is 0.287. The van der Waals surface area contributed by atoms with Gasteiger partial charge < -0.3 is 20.7 Å². The van der Waals surface area contributed by atoms with Crippen LogP contribution in [-0.4, -0.2) is 59.5 Å². The number of nitrogens with one attached hydrogen (secondary N) is 3. The van der Waals surface area contributed by atoms with Gasteiger partial charge in [0.1, 0.15) is 12.6 Å². The maximum Gasteiger partial charge on any atom is 0.311 e. The summed E-state index contributed by atoms with van der Waals surface area (Å²) in [5.41, 5.74) is 0.714. The van der Waals surface area contributed by atoms with Crippen molar-refractivity contribution in [3.8, 4) is 0 Å². The fourth-order valence-corrected chi connectivity index (χ4v) is 2.94. The van der Waals surface area contributed by atoms with Crippen LogP contribution in [0.15, 0.2) is 36.4 Å². The lowest BCUT2D eigenvalue weighted by molar-refractivity contribution is -0.155. The van der Waals surface area contributed by atoms with Gasteiger partial charge >= 0.3 is 5.97 Å². The number of carbonyl (C=O) groups excluding carboxylic acids is 6. The number of rotatable bonds is 12. The molecule has 3 N–H and O–H groups in total. The van der Waals surface area contributed by atoms with Crippen LogP contribution in [0, 0.1) is 5.41 Å². The van der Waals surface area contributed by atoms with Crippen molar-refractivity contribution < 1.29 is 33.5 Å². The van der Waals surface area contributed by atoms with Crippen molar-refractivity contribution in [3.05, 3.63) is 42.0 Å². The van der Waals surface area contributed by atoms with Crippen LogP contribution in [0.2, 0.25) is 0 Å². The van der Waals surface area contributed by atoms with Crippen LogP contribution < -0.4 is 16.0 Å². The molecular formula is C25H32N4O7. The minimum absolute atomic E-state index is 0.0921. The summed E-state index contributed by atoms with van der Waals surface area (Å²) in [5, 5.41) is 7.53. The normalized spacial score (nSPS) is 13.8. The molecule has 1 aliphatic rings. The van der Waals surface area contributed by atoms with Crippen molar-refractivity contribution in [3.63, 3.8) is 0 Å². The summed E-state index contributed by atoms with van der Waals surface area (Å²) >= 11 is 0. The minimum atomic E-state index is -0.923. The molecule has 5 amide bonds. The predicted octanol–water partition coefficient (Wildman–Crippen LogP) is 1.04. The summed E-state index contributed by atoms with van der Waals surface area (Å²) in [4.78, 5) is 72.3. The van der Waals surface area contributed by atoms with Gasteiger partial charge in [0.25, 0.3) is 11.8 Å². The zero-order valence-electron chi connectivity index (χ0n) is 20.9. The lowest BCUT2D eigenvalue weighted by Gasteiger charge is -2.20. The molecule has 0 radical (unpaired) electrons. The highest BCUT2D eigenvalue weighted by molar-refractivity contribution is 6.13. The summed E-state index contributed by atoms with van der Waals surface area (Å²) in [6, 6.07) is 5.83. The van der Waals surface area contributed by atoms with E-state index in [0.717, 1.165) is 22.6 Å². The molecule has 11 nitrogen and oxygen atoms in total. The molecule has 0 saturated carbocycles. The minimum Gasteiger partial charge on any atom is -0.460 e. The molecule has 1 aliphatic heterocycles. The van der Waals surface area contributed by atoms with Crippen LogP contribution in [0.25, 0.3) is 0 Å². The maximum atomic E-state index is 12.2. The summed E-state index contributed by atoms with van der Waals surface area (Å²) in [6.07, 6.45) is 2.77. The zero-order chi connectivity index (χ0) is 26.9. The Hall–Kier alpha value is -4.02. The standard InChI is InChI=1S/C25H32N4O7/c1-5-25(3,4)24(35)36-15-17-6-8-18(9-7-17)28-20(31)14-26-23(34)16(2)27-19(30)12-13-29-21(32)10-11-22(29)33/h6-11,16H,5,12-15H2,1-4H3,(H,26,34)(H,27,30)(H,28,31)/t16-/m0/s1. The van der Waals surface area contributed by atoms with E-state index in [2.05, 4.69) is 16.0 Å². The molecule has 1 atom stereocenters. The number of nitrogens with zero attached hydrogens (tertiary/aromatic N) is 1. The van der Waals surface area contributed by atoms with Crippen molar-refractivity contribution in [2.45, 2.75) is 53.2 Å². The van der Waals surface area contributed by atoms with E-state index in [1.807, 2.05) is 20.8 Å². The summed E-state index contributed by atoms with van der Waals surface area (Å²) in [7, 11) is 0. The van der Waals surface area contributed by atoms with Crippen LogP contribution in [0.1, 0.15) is 46.1 Å². The third-order valence-electron chi connectivity index (χ3n) is 5.70. The third-order valence-corrected chi connectivity index (χ3v) is 5.70. The number of hydrogen-bond donors (Lipinski definition) is 3. The van der Waals surface area contributed by atoms with Gasteiger partial charge in [-0.3, -0.25) is 33.7 Å². The van der Waals surface area contributed by atoms with Crippen LogP contribution >= 0.6 is 0 Å². The van der Waals surface area contributed by atoms with Gasteiger partial charge in [0, 0.05) is 30.8 Å². The molecule has 11 heteroatoms. The molecule has 0 spiro atoms. The van der Waals surface area contributed by atoms with E-state index in [1.54, 1.807) is 24.3 Å². The first kappa shape index (κ1) is 28.2. The fourth-order valence-electron chi connectivity index (χ4n) is 2.94. The first-order valence-electron chi connectivity index (χ1n) is 11.6. The summed E-state index contributed by atoms with van der Waals surface area (Å²) < 4.78 is 5.33. The number of ether oxygens (including phenoxy) is 1. The third kappa shape index (κ3) is 8.33. The number of imide groups is 1. The second kappa shape index (κ2) is 12.6. The first-order valence-corrected chi connectivity index (χ1v) is 11.6. The molecule has 194 valence electrons. The second-order valence-corrected chi connectivity index (χ2v) is 8.98. The van der Waals surface area contributed by atoms with E-state index in [9.17, 15) is 28.8 Å². The molecule has 0 aromatic heterocycles. The van der Waals surface area contributed by atoms with E-state index in [4.69, 9.17) is 4.74 Å². The van der Waals surface area contributed by atoms with Crippen molar-refractivity contribution in [2.24, 2.45) is 5.41 Å². The zero-order valence-corrected chi connectivity index (χ0v) is 20.9. The Morgan fingerprint density at radius 3 is 2.19 bits per heavy atom. The van der Waals surface area contributed by atoms with Gasteiger partial charge in [-0.15, -0.1) is 0 Å². The SMILES string of the molecule is CCC(C)(C)C(=O)OCc1ccc(NC(=O)CNC(=O)[C@H](C)NC(=O)CCN2C(=O)C=CC2=O)cc1. The molecule has 1 aromatic rings. The fraction of sp³-hybridized carbons (Fsp3) is 0.440. The summed E-state index contributed by atoms with van der Waals surface area (Å²) in [5.74, 6) is -2.81. The largest absolute Gasteiger partial charge is 0.460 e. The lowest BCUT2D eigenvalue weighted by atomic mass is 9.91. The number of carbonyl (C=O) groups is 6. The molecule has 1 aromatic carbocycles. The molecular weight excluding hydrogens is 468 g/mol. The van der Waals surface area contributed by atoms with E-state index < -0.39 is 41.0 Å². The smallest absolute Gasteiger partial charge is 0.311 e. The Balaban J connectivity index is 1.70. The number of hydrogen-bond acceptors (Lipinski definition) is 7. The van der Waals surface area contributed by atoms with Gasteiger partial charge in [-0.1, -0.05) is 19.1 Å². The Kier molecular flexibility index (Phi) is 9.89. The van der Waals surface area contributed by atoms with Crippen LogP contribution in [0.3, 0.4) is 0 Å². The Morgan fingerprint density at radius 2 is 1.61 bits per heavy atom. The second-order valence-electron chi connectivity index (χ2n) is 8.98. The van der Waals surface area contributed by atoms with Crippen LogP contribution in [0.5, 0.6) is 0 Å². The van der Waals surface area contributed by atoms with Gasteiger partial charge in [0.2, 0.25) is 17.7 Å². The van der Waals surface area contributed by atoms with Crippen LogP contribution in [0.4, 0.5) is 5.69 Å². The molecule has 0 unspecified atom stereocenters. The molecule has 0 fully saturated rings. The number of esters is 1. The Labute approximate surface area is 209 Å². The molecule has 36 heavy (non-hydrogen) atoms. The number of amides is 5. The van der Waals surface area contributed by atoms with Gasteiger partial charge in [0.15, 0.2) is 0 Å².